The lowest BCUT2D eigenvalue weighted by molar-refractivity contribution is 0.0684. The van der Waals surface area contributed by atoms with Crippen molar-refractivity contribution in [2.24, 2.45) is 17.8 Å². The summed E-state index contributed by atoms with van der Waals surface area (Å²) in [5, 5.41) is 13.5. The number of rotatable bonds is 8. The van der Waals surface area contributed by atoms with Gasteiger partial charge in [0, 0.05) is 31.5 Å². The molecule has 0 amide bonds. The number of aromatic nitrogens is 5. The highest BCUT2D eigenvalue weighted by molar-refractivity contribution is 5.91. The van der Waals surface area contributed by atoms with Crippen LogP contribution < -0.4 is 10.2 Å². The third-order valence-corrected chi connectivity index (χ3v) is 9.40. The minimum atomic E-state index is -1.13. The minimum Gasteiger partial charge on any atom is -0.475 e. The fourth-order valence-electron chi connectivity index (χ4n) is 6.75. The molecule has 0 bridgehead atoms. The molecule has 2 saturated carbocycles. The van der Waals surface area contributed by atoms with Crippen molar-refractivity contribution in [3.05, 3.63) is 35.9 Å². The second-order valence-corrected chi connectivity index (χ2v) is 12.1. The topological polar surface area (TPSA) is 109 Å². The van der Waals surface area contributed by atoms with Gasteiger partial charge in [-0.05, 0) is 81.3 Å². The number of fused-ring (bicyclic) bond motifs is 1. The highest BCUT2D eigenvalue weighted by Gasteiger charge is 2.33. The van der Waals surface area contributed by atoms with Crippen LogP contribution in [0.3, 0.4) is 0 Å². The van der Waals surface area contributed by atoms with Gasteiger partial charge in [0.2, 0.25) is 11.8 Å². The molecular weight excluding hydrogens is 490 g/mol. The molecule has 39 heavy (non-hydrogen) atoms. The summed E-state index contributed by atoms with van der Waals surface area (Å²) < 4.78 is 2.33. The van der Waals surface area contributed by atoms with Crippen molar-refractivity contribution in [1.82, 2.24) is 24.5 Å². The summed E-state index contributed by atoms with van der Waals surface area (Å²) in [6, 6.07) is 4.54. The molecule has 3 fully saturated rings. The Kier molecular flexibility index (Phi) is 7.40. The normalized spacial score (nSPS) is 24.9. The Morgan fingerprint density at radius 3 is 2.59 bits per heavy atom. The van der Waals surface area contributed by atoms with Crippen molar-refractivity contribution >= 4 is 28.9 Å². The third kappa shape index (κ3) is 5.32. The molecule has 9 heteroatoms. The predicted octanol–water partition coefficient (Wildman–Crippen LogP) is 6.08. The summed E-state index contributed by atoms with van der Waals surface area (Å²) in [4.78, 5) is 33.0. The minimum absolute atomic E-state index is 0.173. The first-order valence-electron chi connectivity index (χ1n) is 14.9. The number of imidazole rings is 1. The van der Waals surface area contributed by atoms with Gasteiger partial charge in [-0.15, -0.1) is 0 Å². The van der Waals surface area contributed by atoms with Crippen LogP contribution in [-0.2, 0) is 6.54 Å². The number of anilines is 2. The fraction of sp³-hybridized carbons (Fsp3) is 0.633. The zero-order valence-corrected chi connectivity index (χ0v) is 23.2. The molecule has 208 valence electrons. The molecule has 3 aromatic heterocycles. The van der Waals surface area contributed by atoms with Gasteiger partial charge in [-0.2, -0.15) is 4.98 Å². The molecule has 3 aromatic rings. The lowest BCUT2D eigenvalue weighted by Gasteiger charge is -2.37. The maximum atomic E-state index is 12.1. The van der Waals surface area contributed by atoms with Gasteiger partial charge in [0.15, 0.2) is 11.5 Å². The first-order valence-corrected chi connectivity index (χ1v) is 14.9. The van der Waals surface area contributed by atoms with Crippen LogP contribution in [0.15, 0.2) is 24.5 Å². The zero-order valence-electron chi connectivity index (χ0n) is 23.2. The molecule has 0 aromatic carbocycles. The van der Waals surface area contributed by atoms with Crippen LogP contribution in [0.25, 0.3) is 11.2 Å². The van der Waals surface area contributed by atoms with Crippen molar-refractivity contribution in [1.29, 1.82) is 0 Å². The Morgan fingerprint density at radius 1 is 1.08 bits per heavy atom. The van der Waals surface area contributed by atoms with E-state index in [0.717, 1.165) is 49.7 Å². The SMILES string of the molecule is C[C@@H](Nc1nc(C(=O)O)nc2nc(N3CCCCC3c3cccnc3)n(C[C@H]3CC[C@H](C)CC3)c12)C1CCC1. The first-order chi connectivity index (χ1) is 19.0. The fourth-order valence-corrected chi connectivity index (χ4v) is 6.75. The van der Waals surface area contributed by atoms with Crippen LogP contribution in [0.5, 0.6) is 0 Å². The molecule has 1 aliphatic heterocycles. The Morgan fingerprint density at radius 2 is 1.90 bits per heavy atom. The van der Waals surface area contributed by atoms with Crippen molar-refractivity contribution in [2.45, 2.75) is 96.7 Å². The lowest BCUT2D eigenvalue weighted by atomic mass is 9.80. The molecule has 2 aliphatic carbocycles. The summed E-state index contributed by atoms with van der Waals surface area (Å²) in [6.07, 6.45) is 15.6. The number of hydrogen-bond donors (Lipinski definition) is 2. The molecule has 2 atom stereocenters. The van der Waals surface area contributed by atoms with Crippen LogP contribution in [0.2, 0.25) is 0 Å². The molecular formula is C30H41N7O2. The number of nitrogens with zero attached hydrogens (tertiary/aromatic N) is 6. The van der Waals surface area contributed by atoms with E-state index in [2.05, 4.69) is 49.6 Å². The van der Waals surface area contributed by atoms with Crippen molar-refractivity contribution in [3.8, 4) is 0 Å². The van der Waals surface area contributed by atoms with Gasteiger partial charge in [-0.3, -0.25) is 4.98 Å². The van der Waals surface area contributed by atoms with Gasteiger partial charge in [0.1, 0.15) is 5.52 Å². The number of hydrogen-bond acceptors (Lipinski definition) is 7. The lowest BCUT2D eigenvalue weighted by Crippen LogP contribution is -2.36. The molecule has 0 radical (unpaired) electrons. The smallest absolute Gasteiger partial charge is 0.374 e. The van der Waals surface area contributed by atoms with Gasteiger partial charge < -0.3 is 19.9 Å². The number of piperidine rings is 1. The van der Waals surface area contributed by atoms with Crippen LogP contribution >= 0.6 is 0 Å². The Bertz CT molecular complexity index is 1300. The predicted molar refractivity (Wildman–Crippen MR) is 152 cm³/mol. The standard InChI is InChI=1S/C30H41N7O2/c1-19-11-13-21(14-12-19)18-37-25-26(32-20(2)22-7-5-8-22)33-28(29(38)39)34-27(25)35-30(37)36-16-4-3-10-24(36)23-9-6-15-31-17-23/h6,9,15,17,19-22,24H,3-5,7-8,10-14,16,18H2,1-2H3,(H,38,39)(H,32,33,34)/t19-,20-,21-,24?/m1/s1. The van der Waals surface area contributed by atoms with Crippen LogP contribution in [0.1, 0.15) is 100 Å². The largest absolute Gasteiger partial charge is 0.475 e. The van der Waals surface area contributed by atoms with E-state index >= 15 is 0 Å². The molecule has 2 N–H and O–H groups in total. The van der Waals surface area contributed by atoms with E-state index in [1.807, 2.05) is 18.5 Å². The van der Waals surface area contributed by atoms with E-state index in [1.165, 1.54) is 50.5 Å². The van der Waals surface area contributed by atoms with E-state index in [4.69, 9.17) is 4.98 Å². The number of carboxylic acid groups (broad SMARTS) is 1. The second kappa shape index (κ2) is 11.1. The molecule has 4 heterocycles. The average Bonchev–Trinajstić information content (AvgIpc) is 3.27. The number of nitrogens with one attached hydrogen (secondary N) is 1. The number of carboxylic acids is 1. The van der Waals surface area contributed by atoms with Crippen LogP contribution in [0.4, 0.5) is 11.8 Å². The summed E-state index contributed by atoms with van der Waals surface area (Å²) in [5.74, 6) is 2.07. The maximum absolute atomic E-state index is 12.1. The van der Waals surface area contributed by atoms with E-state index < -0.39 is 5.97 Å². The average molecular weight is 532 g/mol. The van der Waals surface area contributed by atoms with E-state index in [0.29, 0.717) is 23.3 Å². The van der Waals surface area contributed by atoms with Gasteiger partial charge in [-0.1, -0.05) is 32.3 Å². The zero-order chi connectivity index (χ0) is 26.9. The third-order valence-electron chi connectivity index (χ3n) is 9.40. The highest BCUT2D eigenvalue weighted by atomic mass is 16.4. The number of carbonyl (C=O) groups is 1. The maximum Gasteiger partial charge on any atom is 0.374 e. The summed E-state index contributed by atoms with van der Waals surface area (Å²) in [5.41, 5.74) is 2.51. The molecule has 9 nitrogen and oxygen atoms in total. The summed E-state index contributed by atoms with van der Waals surface area (Å²) in [7, 11) is 0. The summed E-state index contributed by atoms with van der Waals surface area (Å²) >= 11 is 0. The molecule has 6 rings (SSSR count). The molecule has 0 spiro atoms. The monoisotopic (exact) mass is 531 g/mol. The Labute approximate surface area is 230 Å². The Hall–Kier alpha value is -3.23. The van der Waals surface area contributed by atoms with Crippen LogP contribution in [0, 0.1) is 17.8 Å². The van der Waals surface area contributed by atoms with E-state index in [9.17, 15) is 9.90 Å². The molecule has 3 aliphatic rings. The summed E-state index contributed by atoms with van der Waals surface area (Å²) in [6.45, 7) is 6.28. The van der Waals surface area contributed by atoms with Crippen molar-refractivity contribution < 1.29 is 9.90 Å². The first kappa shape index (κ1) is 26.0. The van der Waals surface area contributed by atoms with Gasteiger partial charge in [0.25, 0.3) is 0 Å². The van der Waals surface area contributed by atoms with Crippen LogP contribution in [-0.4, -0.2) is 48.2 Å². The molecule has 1 unspecified atom stereocenters. The quantitative estimate of drug-likeness (QED) is 0.360. The molecule has 1 saturated heterocycles. The number of pyridine rings is 1. The van der Waals surface area contributed by atoms with Crippen molar-refractivity contribution in [3.63, 3.8) is 0 Å². The Balaban J connectivity index is 1.47. The van der Waals surface area contributed by atoms with E-state index in [1.54, 1.807) is 0 Å². The van der Waals surface area contributed by atoms with Crippen molar-refractivity contribution in [2.75, 3.05) is 16.8 Å². The number of aromatic carboxylic acids is 1. The second-order valence-electron chi connectivity index (χ2n) is 12.1. The highest BCUT2D eigenvalue weighted by Crippen LogP contribution is 2.39. The van der Waals surface area contributed by atoms with E-state index in [-0.39, 0.29) is 17.9 Å². The van der Waals surface area contributed by atoms with Gasteiger partial charge >= 0.3 is 5.97 Å². The van der Waals surface area contributed by atoms with Gasteiger partial charge in [0.05, 0.1) is 6.04 Å². The van der Waals surface area contributed by atoms with Gasteiger partial charge in [-0.25, -0.2) is 14.8 Å².